The van der Waals surface area contributed by atoms with E-state index in [1.54, 1.807) is 10.9 Å². The molecular formula is C12H20N4O3. The van der Waals surface area contributed by atoms with E-state index < -0.39 is 5.97 Å². The topological polar surface area (TPSA) is 87.5 Å². The molecular weight excluding hydrogens is 248 g/mol. The molecule has 0 fully saturated rings. The van der Waals surface area contributed by atoms with Crippen molar-refractivity contribution in [2.45, 2.75) is 26.3 Å². The molecule has 0 aromatic carbocycles. The molecule has 1 aromatic heterocycles. The van der Waals surface area contributed by atoms with E-state index >= 15 is 0 Å². The quantitative estimate of drug-likeness (QED) is 0.682. The van der Waals surface area contributed by atoms with E-state index in [1.807, 2.05) is 19.2 Å². The molecule has 0 aliphatic carbocycles. The number of aromatic nitrogens is 2. The second-order valence-corrected chi connectivity index (χ2v) is 4.17. The molecule has 7 heteroatoms. The number of hydrogen-bond donors (Lipinski definition) is 2. The van der Waals surface area contributed by atoms with Crippen molar-refractivity contribution in [1.82, 2.24) is 20.0 Å². The second kappa shape index (κ2) is 8.12. The van der Waals surface area contributed by atoms with Gasteiger partial charge in [-0.1, -0.05) is 6.92 Å². The minimum absolute atomic E-state index is 0.265. The predicted octanol–water partition coefficient (Wildman–Crippen LogP) is 0.779. The SMILES string of the molecule is CCCN(CC(=O)O)C(=O)NCCCn1cccn1. The third-order valence-corrected chi connectivity index (χ3v) is 2.51. The van der Waals surface area contributed by atoms with Gasteiger partial charge in [0, 0.05) is 32.0 Å². The van der Waals surface area contributed by atoms with E-state index in [4.69, 9.17) is 5.11 Å². The van der Waals surface area contributed by atoms with Gasteiger partial charge in [-0.3, -0.25) is 9.48 Å². The Morgan fingerprint density at radius 1 is 1.47 bits per heavy atom. The Labute approximate surface area is 112 Å². The van der Waals surface area contributed by atoms with Crippen LogP contribution in [0.15, 0.2) is 18.5 Å². The van der Waals surface area contributed by atoms with Crippen molar-refractivity contribution >= 4 is 12.0 Å². The Morgan fingerprint density at radius 2 is 2.26 bits per heavy atom. The van der Waals surface area contributed by atoms with Gasteiger partial charge in [-0.25, -0.2) is 4.79 Å². The molecule has 1 heterocycles. The zero-order valence-electron chi connectivity index (χ0n) is 11.1. The number of nitrogens with zero attached hydrogens (tertiary/aromatic N) is 3. The highest BCUT2D eigenvalue weighted by Crippen LogP contribution is 1.94. The highest BCUT2D eigenvalue weighted by molar-refractivity contribution is 5.80. The molecule has 7 nitrogen and oxygen atoms in total. The van der Waals surface area contributed by atoms with Crippen molar-refractivity contribution in [2.24, 2.45) is 0 Å². The first kappa shape index (κ1) is 15.0. The number of carboxylic acids is 1. The van der Waals surface area contributed by atoms with Crippen LogP contribution < -0.4 is 5.32 Å². The molecule has 0 bridgehead atoms. The van der Waals surface area contributed by atoms with Crippen molar-refractivity contribution in [3.8, 4) is 0 Å². The monoisotopic (exact) mass is 268 g/mol. The summed E-state index contributed by atoms with van der Waals surface area (Å²) in [6.45, 7) is 3.30. The number of hydrogen-bond acceptors (Lipinski definition) is 3. The van der Waals surface area contributed by atoms with Gasteiger partial charge < -0.3 is 15.3 Å². The van der Waals surface area contributed by atoms with Crippen LogP contribution in [0.2, 0.25) is 0 Å². The standard InChI is InChI=1S/C12H20N4O3/c1-2-7-15(10-11(17)18)12(19)13-5-3-8-16-9-4-6-14-16/h4,6,9H,2-3,5,7-8,10H2,1H3,(H,13,19)(H,17,18). The average molecular weight is 268 g/mol. The Bertz CT molecular complexity index is 392. The minimum atomic E-state index is -1.000. The van der Waals surface area contributed by atoms with E-state index in [2.05, 4.69) is 10.4 Å². The molecule has 0 aliphatic heterocycles. The van der Waals surface area contributed by atoms with Crippen molar-refractivity contribution in [3.63, 3.8) is 0 Å². The number of aliphatic carboxylic acids is 1. The number of urea groups is 1. The zero-order chi connectivity index (χ0) is 14.1. The summed E-state index contributed by atoms with van der Waals surface area (Å²) in [5, 5.41) is 15.5. The predicted molar refractivity (Wildman–Crippen MR) is 69.7 cm³/mol. The molecule has 0 radical (unpaired) electrons. The number of nitrogens with one attached hydrogen (secondary N) is 1. The molecule has 106 valence electrons. The van der Waals surface area contributed by atoms with E-state index in [-0.39, 0.29) is 12.6 Å². The highest BCUT2D eigenvalue weighted by Gasteiger charge is 2.14. The van der Waals surface area contributed by atoms with Gasteiger partial charge in [0.2, 0.25) is 0 Å². The normalized spacial score (nSPS) is 10.2. The first-order valence-corrected chi connectivity index (χ1v) is 6.35. The smallest absolute Gasteiger partial charge is 0.323 e. The molecule has 0 spiro atoms. The number of carbonyl (C=O) groups excluding carboxylic acids is 1. The Kier molecular flexibility index (Phi) is 6.42. The van der Waals surface area contributed by atoms with E-state index in [0.717, 1.165) is 19.4 Å². The molecule has 0 atom stereocenters. The summed E-state index contributed by atoms with van der Waals surface area (Å²) in [6.07, 6.45) is 5.04. The van der Waals surface area contributed by atoms with Gasteiger partial charge in [-0.05, 0) is 18.9 Å². The minimum Gasteiger partial charge on any atom is -0.480 e. The van der Waals surface area contributed by atoms with Crippen LogP contribution in [0, 0.1) is 0 Å². The van der Waals surface area contributed by atoms with Gasteiger partial charge in [0.1, 0.15) is 6.54 Å². The molecule has 0 unspecified atom stereocenters. The molecule has 2 N–H and O–H groups in total. The number of carbonyl (C=O) groups is 2. The van der Waals surface area contributed by atoms with Crippen molar-refractivity contribution < 1.29 is 14.7 Å². The Balaban J connectivity index is 2.25. The lowest BCUT2D eigenvalue weighted by atomic mass is 10.4. The molecule has 0 aliphatic rings. The summed E-state index contributed by atoms with van der Waals surface area (Å²) in [6, 6.07) is 1.51. The first-order valence-electron chi connectivity index (χ1n) is 6.35. The summed E-state index contributed by atoms with van der Waals surface area (Å²) >= 11 is 0. The van der Waals surface area contributed by atoms with E-state index in [0.29, 0.717) is 13.1 Å². The van der Waals surface area contributed by atoms with Gasteiger partial charge >= 0.3 is 12.0 Å². The summed E-state index contributed by atoms with van der Waals surface area (Å²) in [5.41, 5.74) is 0. The van der Waals surface area contributed by atoms with E-state index in [1.165, 1.54) is 4.90 Å². The van der Waals surface area contributed by atoms with Crippen LogP contribution in [0.25, 0.3) is 0 Å². The third-order valence-electron chi connectivity index (χ3n) is 2.51. The molecule has 1 rings (SSSR count). The fourth-order valence-electron chi connectivity index (χ4n) is 1.67. The van der Waals surface area contributed by atoms with Crippen LogP contribution in [0.5, 0.6) is 0 Å². The molecule has 0 saturated carbocycles. The van der Waals surface area contributed by atoms with Crippen LogP contribution in [0.3, 0.4) is 0 Å². The fraction of sp³-hybridized carbons (Fsp3) is 0.583. The lowest BCUT2D eigenvalue weighted by molar-refractivity contribution is -0.137. The lowest BCUT2D eigenvalue weighted by Gasteiger charge is -2.20. The molecule has 19 heavy (non-hydrogen) atoms. The third kappa shape index (κ3) is 5.89. The van der Waals surface area contributed by atoms with Gasteiger partial charge in [0.05, 0.1) is 0 Å². The van der Waals surface area contributed by atoms with Gasteiger partial charge in [0.15, 0.2) is 0 Å². The van der Waals surface area contributed by atoms with Crippen molar-refractivity contribution in [3.05, 3.63) is 18.5 Å². The molecule has 2 amide bonds. The van der Waals surface area contributed by atoms with Crippen molar-refractivity contribution in [2.75, 3.05) is 19.6 Å². The van der Waals surface area contributed by atoms with Gasteiger partial charge in [-0.2, -0.15) is 5.10 Å². The Hall–Kier alpha value is -2.05. The molecule has 0 saturated heterocycles. The maximum Gasteiger partial charge on any atom is 0.323 e. The lowest BCUT2D eigenvalue weighted by Crippen LogP contribution is -2.43. The molecule has 1 aromatic rings. The van der Waals surface area contributed by atoms with Crippen LogP contribution in [-0.4, -0.2) is 51.4 Å². The maximum atomic E-state index is 11.8. The first-order chi connectivity index (χ1) is 9.13. The van der Waals surface area contributed by atoms with Crippen LogP contribution in [0.1, 0.15) is 19.8 Å². The van der Waals surface area contributed by atoms with Crippen LogP contribution in [-0.2, 0) is 11.3 Å². The number of rotatable bonds is 8. The number of amides is 2. The van der Waals surface area contributed by atoms with Crippen LogP contribution >= 0.6 is 0 Å². The van der Waals surface area contributed by atoms with Crippen LogP contribution in [0.4, 0.5) is 4.79 Å². The zero-order valence-corrected chi connectivity index (χ0v) is 11.1. The highest BCUT2D eigenvalue weighted by atomic mass is 16.4. The van der Waals surface area contributed by atoms with Gasteiger partial charge in [0.25, 0.3) is 0 Å². The van der Waals surface area contributed by atoms with E-state index in [9.17, 15) is 9.59 Å². The summed E-state index contributed by atoms with van der Waals surface area (Å²) < 4.78 is 1.78. The summed E-state index contributed by atoms with van der Waals surface area (Å²) in [5.74, 6) is -1.000. The van der Waals surface area contributed by atoms with Gasteiger partial charge in [-0.15, -0.1) is 0 Å². The second-order valence-electron chi connectivity index (χ2n) is 4.17. The fourth-order valence-corrected chi connectivity index (χ4v) is 1.67. The largest absolute Gasteiger partial charge is 0.480 e. The van der Waals surface area contributed by atoms with Crippen molar-refractivity contribution in [1.29, 1.82) is 0 Å². The average Bonchev–Trinajstić information content (AvgIpc) is 2.86. The maximum absolute atomic E-state index is 11.8. The number of carboxylic acid groups (broad SMARTS) is 1. The number of aryl methyl sites for hydroxylation is 1. The summed E-state index contributed by atoms with van der Waals surface area (Å²) in [7, 11) is 0. The Morgan fingerprint density at radius 3 is 2.84 bits per heavy atom. The summed E-state index contributed by atoms with van der Waals surface area (Å²) in [4.78, 5) is 23.7.